The molecule has 0 aromatic carbocycles. The van der Waals surface area contributed by atoms with Crippen molar-refractivity contribution in [1.82, 2.24) is 0 Å². The number of rotatable bonds is 1. The summed E-state index contributed by atoms with van der Waals surface area (Å²) in [5, 5.41) is 11.6. The Kier molecular flexibility index (Phi) is 3.10. The smallest absolute Gasteiger partial charge is 0.0486 e. The van der Waals surface area contributed by atoms with Crippen LogP contribution in [0.3, 0.4) is 0 Å². The Bertz CT molecular complexity index is 33.9. The standard InChI is InChI=1S/C3H6NO/c1-2-3-4-5/h3H,2H2,1H3/b4-3+. The van der Waals surface area contributed by atoms with Crippen molar-refractivity contribution < 1.29 is 5.21 Å². The van der Waals surface area contributed by atoms with E-state index in [4.69, 9.17) is 5.21 Å². The van der Waals surface area contributed by atoms with Gasteiger partial charge in [0.1, 0.15) is 0 Å². The SMILES string of the molecule is CC/C=N/[O]. The molecule has 0 aromatic heterocycles. The molecule has 0 unspecified atom stereocenters. The van der Waals surface area contributed by atoms with Gasteiger partial charge in [-0.25, -0.2) is 0 Å². The van der Waals surface area contributed by atoms with Gasteiger partial charge in [-0.2, -0.15) is 0 Å². The molecule has 0 saturated heterocycles. The van der Waals surface area contributed by atoms with Gasteiger partial charge in [0.15, 0.2) is 0 Å². The van der Waals surface area contributed by atoms with Crippen molar-refractivity contribution in [2.24, 2.45) is 5.16 Å². The van der Waals surface area contributed by atoms with E-state index in [0.717, 1.165) is 6.42 Å². The lowest BCUT2D eigenvalue weighted by molar-refractivity contribution is 0.210. The summed E-state index contributed by atoms with van der Waals surface area (Å²) in [5.74, 6) is 0. The molecule has 0 aliphatic rings. The predicted molar refractivity (Wildman–Crippen MR) is 19.5 cm³/mol. The monoisotopic (exact) mass is 72.0 g/mol. The molecule has 0 N–H and O–H groups in total. The summed E-state index contributed by atoms with van der Waals surface area (Å²) in [4.78, 5) is 0. The molecule has 0 amide bonds. The van der Waals surface area contributed by atoms with Crippen LogP contribution in [0.1, 0.15) is 13.3 Å². The Hall–Kier alpha value is -0.530. The molecule has 0 aliphatic heterocycles. The predicted octanol–water partition coefficient (Wildman–Crippen LogP) is 0.813. The molecule has 0 aliphatic carbocycles. The first kappa shape index (κ1) is 4.47. The van der Waals surface area contributed by atoms with E-state index in [9.17, 15) is 0 Å². The molecule has 0 fully saturated rings. The molecule has 0 aromatic rings. The second kappa shape index (κ2) is 3.47. The van der Waals surface area contributed by atoms with E-state index in [0.29, 0.717) is 0 Å². The highest BCUT2D eigenvalue weighted by molar-refractivity contribution is 5.55. The minimum Gasteiger partial charge on any atom is -0.146 e. The zero-order valence-corrected chi connectivity index (χ0v) is 3.14. The molecule has 2 heteroatoms. The molecule has 2 nitrogen and oxygen atoms in total. The van der Waals surface area contributed by atoms with Gasteiger partial charge in [0.25, 0.3) is 0 Å². The van der Waals surface area contributed by atoms with Gasteiger partial charge in [-0.3, -0.25) is 0 Å². The highest BCUT2D eigenvalue weighted by atomic mass is 16.4. The number of hydrogen-bond donors (Lipinski definition) is 0. The van der Waals surface area contributed by atoms with Crippen molar-refractivity contribution >= 4 is 6.21 Å². The van der Waals surface area contributed by atoms with Gasteiger partial charge in [-0.1, -0.05) is 6.92 Å². The molecule has 0 atom stereocenters. The maximum Gasteiger partial charge on any atom is 0.0486 e. The van der Waals surface area contributed by atoms with Crippen LogP contribution in [-0.2, 0) is 5.21 Å². The third-order valence-electron chi connectivity index (χ3n) is 0.257. The van der Waals surface area contributed by atoms with Crippen molar-refractivity contribution in [2.75, 3.05) is 0 Å². The van der Waals surface area contributed by atoms with Gasteiger partial charge < -0.3 is 0 Å². The van der Waals surface area contributed by atoms with Crippen LogP contribution in [0, 0.1) is 0 Å². The first-order chi connectivity index (χ1) is 2.41. The molecule has 5 heavy (non-hydrogen) atoms. The Morgan fingerprint density at radius 1 is 2.00 bits per heavy atom. The van der Waals surface area contributed by atoms with Gasteiger partial charge in [0.05, 0.1) is 0 Å². The van der Waals surface area contributed by atoms with Crippen LogP contribution in [0.2, 0.25) is 0 Å². The highest BCUT2D eigenvalue weighted by Crippen LogP contribution is 1.61. The lowest BCUT2D eigenvalue weighted by atomic mass is 10.6. The summed E-state index contributed by atoms with van der Waals surface area (Å²) in [6, 6.07) is 0. The van der Waals surface area contributed by atoms with Crippen LogP contribution < -0.4 is 0 Å². The van der Waals surface area contributed by atoms with Crippen LogP contribution >= 0.6 is 0 Å². The van der Waals surface area contributed by atoms with E-state index in [1.807, 2.05) is 6.92 Å². The van der Waals surface area contributed by atoms with E-state index >= 15 is 0 Å². The van der Waals surface area contributed by atoms with Gasteiger partial charge >= 0.3 is 0 Å². The first-order valence-electron chi connectivity index (χ1n) is 1.56. The highest BCUT2D eigenvalue weighted by Gasteiger charge is 1.57. The van der Waals surface area contributed by atoms with Crippen LogP contribution in [0.4, 0.5) is 0 Å². The third-order valence-corrected chi connectivity index (χ3v) is 0.257. The van der Waals surface area contributed by atoms with Gasteiger partial charge in [0.2, 0.25) is 0 Å². The fourth-order valence-corrected chi connectivity index (χ4v) is 0.0745. The molecule has 0 bridgehead atoms. The number of nitrogens with zero attached hydrogens (tertiary/aromatic N) is 1. The summed E-state index contributed by atoms with van der Waals surface area (Å²) in [5.41, 5.74) is 0. The van der Waals surface area contributed by atoms with Crippen molar-refractivity contribution in [1.29, 1.82) is 0 Å². The Labute approximate surface area is 31.1 Å². The van der Waals surface area contributed by atoms with Gasteiger partial charge in [-0.05, 0) is 11.6 Å². The number of hydrogen-bond acceptors (Lipinski definition) is 1. The van der Waals surface area contributed by atoms with Crippen LogP contribution in [-0.4, -0.2) is 6.21 Å². The van der Waals surface area contributed by atoms with Crippen molar-refractivity contribution in [2.45, 2.75) is 13.3 Å². The molecule has 29 valence electrons. The maximum absolute atomic E-state index is 9.10. The molecule has 1 radical (unpaired) electrons. The van der Waals surface area contributed by atoms with E-state index in [-0.39, 0.29) is 0 Å². The Morgan fingerprint density at radius 3 is 2.60 bits per heavy atom. The average molecular weight is 72.1 g/mol. The van der Waals surface area contributed by atoms with E-state index in [2.05, 4.69) is 5.16 Å². The summed E-state index contributed by atoms with van der Waals surface area (Å²) < 4.78 is 0. The largest absolute Gasteiger partial charge is 0.146 e. The second-order valence-corrected chi connectivity index (χ2v) is 0.696. The molecular weight excluding hydrogens is 66.0 g/mol. The van der Waals surface area contributed by atoms with Crippen LogP contribution in [0.15, 0.2) is 5.16 Å². The summed E-state index contributed by atoms with van der Waals surface area (Å²) in [7, 11) is 0. The third kappa shape index (κ3) is 3.47. The topological polar surface area (TPSA) is 32.3 Å². The lowest BCUT2D eigenvalue weighted by Gasteiger charge is -1.60. The fourth-order valence-electron chi connectivity index (χ4n) is 0.0745. The minimum atomic E-state index is 0.740. The molecule has 0 saturated carbocycles. The van der Waals surface area contributed by atoms with E-state index in [1.54, 1.807) is 0 Å². The molecule has 0 heterocycles. The van der Waals surface area contributed by atoms with Gasteiger partial charge in [0, 0.05) is 6.21 Å². The molecular formula is C3H6NO. The Balaban J connectivity index is 2.62. The Morgan fingerprint density at radius 2 is 2.60 bits per heavy atom. The van der Waals surface area contributed by atoms with Crippen LogP contribution in [0.25, 0.3) is 0 Å². The molecule has 0 rings (SSSR count). The van der Waals surface area contributed by atoms with Crippen LogP contribution in [0.5, 0.6) is 0 Å². The normalized spacial score (nSPS) is 9.80. The maximum atomic E-state index is 9.10. The van der Waals surface area contributed by atoms with E-state index < -0.39 is 0 Å². The second-order valence-electron chi connectivity index (χ2n) is 0.696. The van der Waals surface area contributed by atoms with Gasteiger partial charge in [-0.15, -0.1) is 5.21 Å². The lowest BCUT2D eigenvalue weighted by Crippen LogP contribution is -1.59. The molecule has 0 spiro atoms. The van der Waals surface area contributed by atoms with Crippen molar-refractivity contribution in [3.8, 4) is 0 Å². The fraction of sp³-hybridized carbons (Fsp3) is 0.667. The first-order valence-corrected chi connectivity index (χ1v) is 1.56. The average Bonchev–Trinajstić information content (AvgIpc) is 1.41. The van der Waals surface area contributed by atoms with Crippen molar-refractivity contribution in [3.05, 3.63) is 0 Å². The van der Waals surface area contributed by atoms with Crippen molar-refractivity contribution in [3.63, 3.8) is 0 Å². The zero-order valence-electron chi connectivity index (χ0n) is 3.14. The summed E-state index contributed by atoms with van der Waals surface area (Å²) >= 11 is 0. The summed E-state index contributed by atoms with van der Waals surface area (Å²) in [6.45, 7) is 1.86. The van der Waals surface area contributed by atoms with E-state index in [1.165, 1.54) is 6.21 Å². The quantitative estimate of drug-likeness (QED) is 0.324. The summed E-state index contributed by atoms with van der Waals surface area (Å²) in [6.07, 6.45) is 2.06. The zero-order chi connectivity index (χ0) is 4.12. The minimum absolute atomic E-state index is 0.740.